The number of hydrogen-bond donors (Lipinski definition) is 1. The normalized spacial score (nSPS) is 19.7. The topological polar surface area (TPSA) is 57.6 Å². The number of carbonyl (C=O) groups excluding carboxylic acids is 1. The van der Waals surface area contributed by atoms with Gasteiger partial charge in [-0.2, -0.15) is 0 Å². The summed E-state index contributed by atoms with van der Waals surface area (Å²) in [6, 6.07) is 2.11. The van der Waals surface area contributed by atoms with Crippen LogP contribution in [-0.2, 0) is 4.79 Å². The summed E-state index contributed by atoms with van der Waals surface area (Å²) in [5.74, 6) is -0.898. The molecule has 1 saturated heterocycles. The number of thiophene rings is 1. The van der Waals surface area contributed by atoms with E-state index in [-0.39, 0.29) is 5.91 Å². The van der Waals surface area contributed by atoms with Gasteiger partial charge in [0.2, 0.25) is 0 Å². The molecule has 0 aromatic carbocycles. The molecule has 114 valence electrons. The molecule has 1 aromatic rings. The summed E-state index contributed by atoms with van der Waals surface area (Å²) in [5.41, 5.74) is 0.672. The summed E-state index contributed by atoms with van der Waals surface area (Å²) in [5, 5.41) is 10.5. The van der Waals surface area contributed by atoms with Crippen molar-refractivity contribution in [1.82, 2.24) is 4.90 Å². The third kappa shape index (κ3) is 4.17. The number of nitrogens with zero attached hydrogens (tertiary/aromatic N) is 1. The van der Waals surface area contributed by atoms with Crippen molar-refractivity contribution in [1.29, 1.82) is 0 Å². The van der Waals surface area contributed by atoms with Crippen LogP contribution in [0.5, 0.6) is 0 Å². The van der Waals surface area contributed by atoms with Crippen LogP contribution in [0, 0.1) is 0 Å². The lowest BCUT2D eigenvalue weighted by Crippen LogP contribution is -2.39. The molecule has 2 rings (SSSR count). The van der Waals surface area contributed by atoms with Crippen molar-refractivity contribution in [2.75, 3.05) is 6.54 Å². The first-order chi connectivity index (χ1) is 10.1. The molecule has 1 N–H and O–H groups in total. The lowest BCUT2D eigenvalue weighted by atomic mass is 10.1. The highest BCUT2D eigenvalue weighted by atomic mass is 32.1. The second-order valence-electron chi connectivity index (χ2n) is 5.32. The quantitative estimate of drug-likeness (QED) is 0.864. The molecule has 1 aliphatic rings. The molecule has 1 unspecified atom stereocenters. The Morgan fingerprint density at radius 3 is 2.95 bits per heavy atom. The van der Waals surface area contributed by atoms with E-state index in [1.807, 2.05) is 10.3 Å². The van der Waals surface area contributed by atoms with Crippen molar-refractivity contribution in [3.63, 3.8) is 0 Å². The van der Waals surface area contributed by atoms with E-state index in [0.717, 1.165) is 36.8 Å². The van der Waals surface area contributed by atoms with Gasteiger partial charge < -0.3 is 10.0 Å². The van der Waals surface area contributed by atoms with Gasteiger partial charge in [-0.1, -0.05) is 19.8 Å². The Labute approximate surface area is 129 Å². The van der Waals surface area contributed by atoms with Gasteiger partial charge in [-0.25, -0.2) is 4.79 Å². The lowest BCUT2D eigenvalue weighted by Gasteiger charge is -2.29. The molecule has 1 aliphatic heterocycles. The summed E-state index contributed by atoms with van der Waals surface area (Å²) in [4.78, 5) is 26.0. The van der Waals surface area contributed by atoms with Crippen molar-refractivity contribution in [2.24, 2.45) is 0 Å². The van der Waals surface area contributed by atoms with Crippen LogP contribution in [0.4, 0.5) is 0 Å². The van der Waals surface area contributed by atoms with Gasteiger partial charge in [-0.15, -0.1) is 11.3 Å². The summed E-state index contributed by atoms with van der Waals surface area (Å²) in [6.45, 7) is 2.96. The second-order valence-corrected chi connectivity index (χ2v) is 6.26. The summed E-state index contributed by atoms with van der Waals surface area (Å²) >= 11 is 1.40. The van der Waals surface area contributed by atoms with Crippen molar-refractivity contribution in [3.8, 4) is 0 Å². The zero-order chi connectivity index (χ0) is 15.2. The third-order valence-electron chi connectivity index (χ3n) is 3.87. The zero-order valence-electron chi connectivity index (χ0n) is 12.2. The van der Waals surface area contributed by atoms with Crippen LogP contribution in [0.2, 0.25) is 0 Å². The highest BCUT2D eigenvalue weighted by Crippen LogP contribution is 2.24. The van der Waals surface area contributed by atoms with Crippen LogP contribution in [0.25, 0.3) is 6.08 Å². The second kappa shape index (κ2) is 7.41. The first-order valence-electron chi connectivity index (χ1n) is 7.42. The fourth-order valence-corrected chi connectivity index (χ4v) is 3.51. The van der Waals surface area contributed by atoms with Gasteiger partial charge >= 0.3 is 5.97 Å². The Balaban J connectivity index is 2.12. The molecular weight excluding hydrogens is 286 g/mol. The van der Waals surface area contributed by atoms with E-state index < -0.39 is 5.97 Å². The fourth-order valence-electron chi connectivity index (χ4n) is 2.74. The number of likely N-dealkylation sites (tertiary alicyclic amines) is 1. The minimum absolute atomic E-state index is 0.0787. The molecule has 1 aromatic heterocycles. The molecule has 0 spiro atoms. The average molecular weight is 307 g/mol. The number of carbonyl (C=O) groups is 2. The fraction of sp³-hybridized carbons (Fsp3) is 0.500. The first-order valence-corrected chi connectivity index (χ1v) is 8.30. The van der Waals surface area contributed by atoms with Gasteiger partial charge in [0.05, 0.1) is 5.56 Å². The number of aliphatic carboxylic acids is 1. The van der Waals surface area contributed by atoms with Gasteiger partial charge in [0.25, 0.3) is 5.91 Å². The minimum Gasteiger partial charge on any atom is -0.478 e. The number of amides is 1. The Bertz CT molecular complexity index is 535. The van der Waals surface area contributed by atoms with Gasteiger partial charge in [-0.05, 0) is 31.4 Å². The predicted octanol–water partition coefficient (Wildman–Crippen LogP) is 3.64. The lowest BCUT2D eigenvalue weighted by molar-refractivity contribution is -0.131. The molecule has 1 fully saturated rings. The maximum Gasteiger partial charge on any atom is 0.328 e. The Morgan fingerprint density at radius 2 is 2.24 bits per heavy atom. The average Bonchev–Trinajstić information content (AvgIpc) is 2.81. The van der Waals surface area contributed by atoms with E-state index >= 15 is 0 Å². The Hall–Kier alpha value is -1.62. The molecule has 2 heterocycles. The van der Waals surface area contributed by atoms with E-state index in [0.29, 0.717) is 11.6 Å². The largest absolute Gasteiger partial charge is 0.478 e. The van der Waals surface area contributed by atoms with E-state index in [2.05, 4.69) is 6.92 Å². The smallest absolute Gasteiger partial charge is 0.328 e. The van der Waals surface area contributed by atoms with Gasteiger partial charge in [0.15, 0.2) is 0 Å². The number of carboxylic acids is 1. The van der Waals surface area contributed by atoms with Crippen LogP contribution in [-0.4, -0.2) is 34.5 Å². The third-order valence-corrected chi connectivity index (χ3v) is 4.76. The van der Waals surface area contributed by atoms with Crippen LogP contribution in [0.3, 0.4) is 0 Å². The van der Waals surface area contributed by atoms with Crippen molar-refractivity contribution < 1.29 is 14.7 Å². The van der Waals surface area contributed by atoms with Crippen molar-refractivity contribution in [3.05, 3.63) is 28.0 Å². The highest BCUT2D eigenvalue weighted by molar-refractivity contribution is 7.11. The number of rotatable bonds is 4. The molecule has 21 heavy (non-hydrogen) atoms. The van der Waals surface area contributed by atoms with E-state index in [9.17, 15) is 9.59 Å². The molecule has 0 radical (unpaired) electrons. The summed E-state index contributed by atoms with van der Waals surface area (Å²) in [7, 11) is 0. The molecule has 0 aliphatic carbocycles. The molecule has 4 nitrogen and oxygen atoms in total. The molecular formula is C16H21NO3S. The van der Waals surface area contributed by atoms with E-state index in [1.54, 1.807) is 6.07 Å². The molecule has 5 heteroatoms. The van der Waals surface area contributed by atoms with Crippen molar-refractivity contribution in [2.45, 2.75) is 45.1 Å². The summed E-state index contributed by atoms with van der Waals surface area (Å²) in [6.07, 6.45) is 8.15. The van der Waals surface area contributed by atoms with Gasteiger partial charge in [0.1, 0.15) is 0 Å². The minimum atomic E-state index is -0.977. The van der Waals surface area contributed by atoms with Crippen LogP contribution in [0.15, 0.2) is 17.5 Å². The monoisotopic (exact) mass is 307 g/mol. The molecule has 0 bridgehead atoms. The number of carboxylic acid groups (broad SMARTS) is 1. The highest BCUT2D eigenvalue weighted by Gasteiger charge is 2.25. The maximum absolute atomic E-state index is 12.7. The van der Waals surface area contributed by atoms with E-state index in [4.69, 9.17) is 5.11 Å². The standard InChI is InChI=1S/C16H21NO3S/c1-2-13-6-4-3-5-9-17(13)16(20)12-10-14(21-11-12)7-8-15(18)19/h7-8,10-11,13H,2-6,9H2,1H3,(H,18,19)/b8-7+. The predicted molar refractivity (Wildman–Crippen MR) is 84.6 cm³/mol. The molecule has 0 saturated carbocycles. The molecule has 1 amide bonds. The maximum atomic E-state index is 12.7. The summed E-state index contributed by atoms with van der Waals surface area (Å²) < 4.78 is 0. The van der Waals surface area contributed by atoms with Crippen LogP contribution >= 0.6 is 11.3 Å². The Kier molecular flexibility index (Phi) is 5.56. The van der Waals surface area contributed by atoms with Gasteiger partial charge in [-0.3, -0.25) is 4.79 Å². The van der Waals surface area contributed by atoms with Crippen LogP contribution < -0.4 is 0 Å². The van der Waals surface area contributed by atoms with E-state index in [1.165, 1.54) is 30.3 Å². The van der Waals surface area contributed by atoms with Crippen molar-refractivity contribution >= 4 is 29.3 Å². The SMILES string of the molecule is CCC1CCCCCN1C(=O)c1csc(/C=C/C(=O)O)c1. The number of hydrogen-bond acceptors (Lipinski definition) is 3. The van der Waals surface area contributed by atoms with Gasteiger partial charge in [0, 0.05) is 28.9 Å². The molecule has 1 atom stereocenters. The first kappa shape index (κ1) is 15.8. The van der Waals surface area contributed by atoms with Crippen LogP contribution in [0.1, 0.15) is 54.3 Å². The zero-order valence-corrected chi connectivity index (χ0v) is 13.1. The Morgan fingerprint density at radius 1 is 1.43 bits per heavy atom.